The van der Waals surface area contributed by atoms with E-state index in [1.165, 1.54) is 0 Å². The third-order valence-electron chi connectivity index (χ3n) is 3.76. The van der Waals surface area contributed by atoms with Gasteiger partial charge in [-0.3, -0.25) is 4.79 Å². The Balaban J connectivity index is 2.03. The minimum absolute atomic E-state index is 0.0243. The summed E-state index contributed by atoms with van der Waals surface area (Å²) in [4.78, 5) is 12.1. The van der Waals surface area contributed by atoms with Crippen molar-refractivity contribution in [3.8, 4) is 6.07 Å². The third kappa shape index (κ3) is 3.48. The maximum absolute atomic E-state index is 12.1. The zero-order valence-electron chi connectivity index (χ0n) is 12.0. The van der Waals surface area contributed by atoms with Crippen LogP contribution in [-0.2, 0) is 11.2 Å². The predicted molar refractivity (Wildman–Crippen MR) is 78.7 cm³/mol. The Hall–Kier alpha value is -2.08. The van der Waals surface area contributed by atoms with E-state index in [9.17, 15) is 10.1 Å². The average molecular weight is 268 g/mol. The van der Waals surface area contributed by atoms with Gasteiger partial charge in [-0.1, -0.05) is 48.9 Å². The maximum atomic E-state index is 12.1. The molecular formula is C17H20N2O. The lowest BCUT2D eigenvalue weighted by atomic mass is 9.80. The molecule has 3 heteroatoms. The fourth-order valence-corrected chi connectivity index (χ4v) is 2.82. The van der Waals surface area contributed by atoms with Gasteiger partial charge in [0.05, 0.1) is 24.4 Å². The second-order valence-corrected chi connectivity index (χ2v) is 5.57. The maximum Gasteiger partial charge on any atom is 0.224 e. The summed E-state index contributed by atoms with van der Waals surface area (Å²) in [5.74, 6) is 0.250. The van der Waals surface area contributed by atoms with Gasteiger partial charge in [0.1, 0.15) is 0 Å². The minimum atomic E-state index is -0.146. The number of allylic oxidation sites excluding steroid dienone is 1. The summed E-state index contributed by atoms with van der Waals surface area (Å²) in [5, 5.41) is 12.3. The summed E-state index contributed by atoms with van der Waals surface area (Å²) in [6, 6.07) is 11.8. The highest BCUT2D eigenvalue weighted by molar-refractivity contribution is 5.79. The summed E-state index contributed by atoms with van der Waals surface area (Å²) >= 11 is 0. The number of nitrogens with one attached hydrogen (secondary N) is 1. The smallest absolute Gasteiger partial charge is 0.224 e. The molecule has 104 valence electrons. The SMILES string of the molecule is CC1=C[C@@H](C)C[C@@H](C#N)[C@H]1NC(=O)Cc1ccccc1. The van der Waals surface area contributed by atoms with E-state index < -0.39 is 0 Å². The van der Waals surface area contributed by atoms with E-state index in [1.54, 1.807) is 0 Å². The van der Waals surface area contributed by atoms with Crippen LogP contribution < -0.4 is 5.32 Å². The van der Waals surface area contributed by atoms with Crippen molar-refractivity contribution in [1.29, 1.82) is 5.26 Å². The van der Waals surface area contributed by atoms with Crippen molar-refractivity contribution in [3.05, 3.63) is 47.5 Å². The van der Waals surface area contributed by atoms with E-state index in [1.807, 2.05) is 37.3 Å². The molecule has 0 unspecified atom stereocenters. The molecule has 3 nitrogen and oxygen atoms in total. The predicted octanol–water partition coefficient (Wildman–Crippen LogP) is 2.84. The summed E-state index contributed by atoms with van der Waals surface area (Å²) in [7, 11) is 0. The van der Waals surface area contributed by atoms with Crippen LogP contribution in [0.3, 0.4) is 0 Å². The molecule has 0 saturated carbocycles. The average Bonchev–Trinajstić information content (AvgIpc) is 2.42. The van der Waals surface area contributed by atoms with Crippen LogP contribution in [0.4, 0.5) is 0 Å². The third-order valence-corrected chi connectivity index (χ3v) is 3.76. The largest absolute Gasteiger partial charge is 0.348 e. The Morgan fingerprint density at radius 2 is 2.10 bits per heavy atom. The van der Waals surface area contributed by atoms with E-state index in [2.05, 4.69) is 24.4 Å². The molecule has 1 amide bonds. The first-order chi connectivity index (χ1) is 9.60. The summed E-state index contributed by atoms with van der Waals surface area (Å²) in [5.41, 5.74) is 2.08. The first kappa shape index (κ1) is 14.3. The van der Waals surface area contributed by atoms with Crippen molar-refractivity contribution >= 4 is 5.91 Å². The van der Waals surface area contributed by atoms with E-state index in [-0.39, 0.29) is 17.9 Å². The van der Waals surface area contributed by atoms with Gasteiger partial charge in [0.25, 0.3) is 0 Å². The topological polar surface area (TPSA) is 52.9 Å². The van der Waals surface area contributed by atoms with Crippen molar-refractivity contribution in [2.45, 2.75) is 32.7 Å². The normalized spacial score (nSPS) is 25.4. The molecule has 0 radical (unpaired) electrons. The molecule has 0 bridgehead atoms. The van der Waals surface area contributed by atoms with Gasteiger partial charge in [-0.05, 0) is 24.8 Å². The summed E-state index contributed by atoms with van der Waals surface area (Å²) in [6.45, 7) is 4.10. The fourth-order valence-electron chi connectivity index (χ4n) is 2.82. The molecule has 0 spiro atoms. The number of nitriles is 1. The molecule has 1 aromatic rings. The van der Waals surface area contributed by atoms with Crippen LogP contribution in [0.25, 0.3) is 0 Å². The first-order valence-electron chi connectivity index (χ1n) is 7.01. The number of carbonyl (C=O) groups excluding carboxylic acids is 1. The van der Waals surface area contributed by atoms with Crippen molar-refractivity contribution in [2.24, 2.45) is 11.8 Å². The summed E-state index contributed by atoms with van der Waals surface area (Å²) in [6.07, 6.45) is 3.32. The van der Waals surface area contributed by atoms with Crippen LogP contribution in [0.1, 0.15) is 25.8 Å². The van der Waals surface area contributed by atoms with Crippen LogP contribution in [0.15, 0.2) is 42.0 Å². The highest BCUT2D eigenvalue weighted by Crippen LogP contribution is 2.27. The van der Waals surface area contributed by atoms with E-state index >= 15 is 0 Å². The Bertz CT molecular complexity index is 542. The Morgan fingerprint density at radius 3 is 2.75 bits per heavy atom. The first-order valence-corrected chi connectivity index (χ1v) is 7.01. The lowest BCUT2D eigenvalue weighted by Gasteiger charge is -2.30. The molecule has 0 heterocycles. The number of nitrogens with zero attached hydrogens (tertiary/aromatic N) is 1. The van der Waals surface area contributed by atoms with Gasteiger partial charge >= 0.3 is 0 Å². The molecule has 0 aliphatic heterocycles. The number of amides is 1. The highest BCUT2D eigenvalue weighted by atomic mass is 16.1. The Labute approximate surface area is 120 Å². The van der Waals surface area contributed by atoms with Crippen LogP contribution in [0.5, 0.6) is 0 Å². The zero-order valence-corrected chi connectivity index (χ0v) is 12.0. The molecule has 1 aromatic carbocycles. The molecule has 0 fully saturated rings. The lowest BCUT2D eigenvalue weighted by Crippen LogP contribution is -2.43. The van der Waals surface area contributed by atoms with Crippen LogP contribution in [0.2, 0.25) is 0 Å². The second-order valence-electron chi connectivity index (χ2n) is 5.57. The van der Waals surface area contributed by atoms with Crippen molar-refractivity contribution < 1.29 is 4.79 Å². The zero-order chi connectivity index (χ0) is 14.5. The molecule has 2 rings (SSSR count). The van der Waals surface area contributed by atoms with Crippen LogP contribution in [0, 0.1) is 23.2 Å². The molecule has 3 atom stereocenters. The number of benzene rings is 1. The fraction of sp³-hybridized carbons (Fsp3) is 0.412. The van der Waals surface area contributed by atoms with E-state index in [0.29, 0.717) is 12.3 Å². The van der Waals surface area contributed by atoms with Crippen molar-refractivity contribution in [2.75, 3.05) is 0 Å². The van der Waals surface area contributed by atoms with Gasteiger partial charge < -0.3 is 5.32 Å². The molecule has 1 aliphatic carbocycles. The molecule has 1 aliphatic rings. The number of carbonyl (C=O) groups is 1. The number of hydrogen-bond acceptors (Lipinski definition) is 2. The van der Waals surface area contributed by atoms with Crippen LogP contribution >= 0.6 is 0 Å². The number of rotatable bonds is 3. The molecule has 1 N–H and O–H groups in total. The van der Waals surface area contributed by atoms with Gasteiger partial charge in [-0.15, -0.1) is 0 Å². The Kier molecular flexibility index (Phi) is 4.57. The van der Waals surface area contributed by atoms with Gasteiger partial charge in [-0.25, -0.2) is 0 Å². The van der Waals surface area contributed by atoms with Gasteiger partial charge in [-0.2, -0.15) is 5.26 Å². The summed E-state index contributed by atoms with van der Waals surface area (Å²) < 4.78 is 0. The molecule has 0 saturated heterocycles. The standard InChI is InChI=1S/C17H20N2O/c1-12-8-13(2)17(15(9-12)11-18)19-16(20)10-14-6-4-3-5-7-14/h3-8,12,15,17H,9-10H2,1-2H3,(H,19,20)/t12-,15+,17+/m1/s1. The molecule has 0 aromatic heterocycles. The molecule has 20 heavy (non-hydrogen) atoms. The van der Waals surface area contributed by atoms with Crippen LogP contribution in [-0.4, -0.2) is 11.9 Å². The second kappa shape index (κ2) is 6.38. The van der Waals surface area contributed by atoms with Crippen molar-refractivity contribution in [1.82, 2.24) is 5.32 Å². The Morgan fingerprint density at radius 1 is 1.40 bits per heavy atom. The molecular weight excluding hydrogens is 248 g/mol. The van der Waals surface area contributed by atoms with Gasteiger partial charge in [0.2, 0.25) is 5.91 Å². The quantitative estimate of drug-likeness (QED) is 0.857. The van der Waals surface area contributed by atoms with E-state index in [4.69, 9.17) is 0 Å². The van der Waals surface area contributed by atoms with Gasteiger partial charge in [0, 0.05) is 0 Å². The minimum Gasteiger partial charge on any atom is -0.348 e. The van der Waals surface area contributed by atoms with E-state index in [0.717, 1.165) is 17.6 Å². The van der Waals surface area contributed by atoms with Gasteiger partial charge in [0.15, 0.2) is 0 Å². The highest BCUT2D eigenvalue weighted by Gasteiger charge is 2.29. The monoisotopic (exact) mass is 268 g/mol. The number of hydrogen-bond donors (Lipinski definition) is 1. The van der Waals surface area contributed by atoms with Crippen molar-refractivity contribution in [3.63, 3.8) is 0 Å². The lowest BCUT2D eigenvalue weighted by molar-refractivity contribution is -0.121.